The highest BCUT2D eigenvalue weighted by molar-refractivity contribution is 7.98. The number of benzene rings is 2. The predicted octanol–water partition coefficient (Wildman–Crippen LogP) is 5.20. The molecule has 0 heterocycles. The Kier molecular flexibility index (Phi) is 8.45. The van der Waals surface area contributed by atoms with Crippen LogP contribution in [0, 0.1) is 0 Å². The quantitative estimate of drug-likeness (QED) is 0.590. The molecule has 0 aliphatic rings. The van der Waals surface area contributed by atoms with Gasteiger partial charge in [-0.3, -0.25) is 4.79 Å². The minimum Gasteiger partial charge on any atom is -0.481 e. The van der Waals surface area contributed by atoms with Gasteiger partial charge in [-0.2, -0.15) is 11.8 Å². The molecule has 2 aromatic carbocycles. The van der Waals surface area contributed by atoms with Gasteiger partial charge >= 0.3 is 0 Å². The zero-order valence-corrected chi connectivity index (χ0v) is 16.3. The van der Waals surface area contributed by atoms with Gasteiger partial charge in [-0.15, -0.1) is 0 Å². The van der Waals surface area contributed by atoms with Crippen molar-refractivity contribution in [1.82, 2.24) is 5.32 Å². The smallest absolute Gasteiger partial charge is 0.261 e. The molecule has 1 atom stereocenters. The number of hydrogen-bond acceptors (Lipinski definition) is 3. The van der Waals surface area contributed by atoms with Crippen LogP contribution in [0.15, 0.2) is 48.5 Å². The molecule has 2 aromatic rings. The second-order valence-electron chi connectivity index (χ2n) is 5.44. The third-order valence-electron chi connectivity index (χ3n) is 3.46. The summed E-state index contributed by atoms with van der Waals surface area (Å²) < 4.78 is 5.73. The van der Waals surface area contributed by atoms with Crippen molar-refractivity contribution in [3.05, 3.63) is 64.1 Å². The maximum atomic E-state index is 12.2. The number of rotatable bonds is 9. The van der Waals surface area contributed by atoms with Crippen molar-refractivity contribution in [3.63, 3.8) is 0 Å². The lowest BCUT2D eigenvalue weighted by Crippen LogP contribution is -2.39. The monoisotopic (exact) mass is 397 g/mol. The van der Waals surface area contributed by atoms with Gasteiger partial charge in [-0.25, -0.2) is 0 Å². The van der Waals surface area contributed by atoms with E-state index in [4.69, 9.17) is 27.9 Å². The second-order valence-corrected chi connectivity index (χ2v) is 7.42. The second kappa shape index (κ2) is 10.6. The minimum atomic E-state index is -0.501. The molecule has 0 aromatic heterocycles. The van der Waals surface area contributed by atoms with Gasteiger partial charge < -0.3 is 10.1 Å². The van der Waals surface area contributed by atoms with Crippen LogP contribution in [0.4, 0.5) is 0 Å². The molecule has 0 saturated heterocycles. The lowest BCUT2D eigenvalue weighted by Gasteiger charge is -2.17. The largest absolute Gasteiger partial charge is 0.481 e. The van der Waals surface area contributed by atoms with Gasteiger partial charge in [0.1, 0.15) is 5.75 Å². The highest BCUT2D eigenvalue weighted by atomic mass is 35.5. The maximum Gasteiger partial charge on any atom is 0.261 e. The van der Waals surface area contributed by atoms with Gasteiger partial charge in [0.05, 0.1) is 0 Å². The standard InChI is InChI=1S/C19H21Cl2NO2S/c1-2-18(24-17-8-6-15(20)7-9-17)19(23)22-10-11-25-13-14-4-3-5-16(21)12-14/h3-9,12,18H,2,10-11,13H2,1H3,(H,22,23)/t18-/m1/s1. The molecule has 25 heavy (non-hydrogen) atoms. The topological polar surface area (TPSA) is 38.3 Å². The highest BCUT2D eigenvalue weighted by Crippen LogP contribution is 2.18. The Morgan fingerprint density at radius 2 is 1.92 bits per heavy atom. The number of nitrogens with one attached hydrogen (secondary N) is 1. The Bertz CT molecular complexity index is 679. The van der Waals surface area contributed by atoms with Crippen LogP contribution in [0.5, 0.6) is 5.75 Å². The number of hydrogen-bond donors (Lipinski definition) is 1. The Morgan fingerprint density at radius 1 is 1.16 bits per heavy atom. The summed E-state index contributed by atoms with van der Waals surface area (Å²) in [5.41, 5.74) is 1.18. The van der Waals surface area contributed by atoms with Gasteiger partial charge in [0, 0.05) is 28.1 Å². The minimum absolute atomic E-state index is 0.0965. The van der Waals surface area contributed by atoms with E-state index in [2.05, 4.69) is 5.32 Å². The van der Waals surface area contributed by atoms with Crippen LogP contribution in [-0.4, -0.2) is 24.3 Å². The number of ether oxygens (including phenoxy) is 1. The van der Waals surface area contributed by atoms with Crippen molar-refractivity contribution < 1.29 is 9.53 Å². The lowest BCUT2D eigenvalue weighted by molar-refractivity contribution is -0.127. The van der Waals surface area contributed by atoms with Crippen LogP contribution in [0.2, 0.25) is 10.0 Å². The van der Waals surface area contributed by atoms with E-state index in [1.54, 1.807) is 36.0 Å². The van der Waals surface area contributed by atoms with E-state index in [-0.39, 0.29) is 5.91 Å². The maximum absolute atomic E-state index is 12.2. The van der Waals surface area contributed by atoms with E-state index in [0.717, 1.165) is 16.5 Å². The van der Waals surface area contributed by atoms with Crippen molar-refractivity contribution in [2.24, 2.45) is 0 Å². The fraction of sp³-hybridized carbons (Fsp3) is 0.316. The number of carbonyl (C=O) groups is 1. The number of carbonyl (C=O) groups excluding carboxylic acids is 1. The molecule has 1 amide bonds. The number of thioether (sulfide) groups is 1. The van der Waals surface area contributed by atoms with Crippen LogP contribution >= 0.6 is 35.0 Å². The van der Waals surface area contributed by atoms with Crippen LogP contribution in [0.25, 0.3) is 0 Å². The molecule has 1 N–H and O–H groups in total. The summed E-state index contributed by atoms with van der Waals surface area (Å²) in [6.07, 6.45) is 0.100. The summed E-state index contributed by atoms with van der Waals surface area (Å²) in [5, 5.41) is 4.31. The van der Waals surface area contributed by atoms with E-state index < -0.39 is 6.10 Å². The summed E-state index contributed by atoms with van der Waals surface area (Å²) in [5.74, 6) is 2.24. The molecule has 0 aliphatic heterocycles. The summed E-state index contributed by atoms with van der Waals surface area (Å²) in [6, 6.07) is 14.8. The first-order valence-electron chi connectivity index (χ1n) is 8.10. The molecular formula is C19H21Cl2NO2S. The fourth-order valence-corrected chi connectivity index (χ4v) is 3.32. The van der Waals surface area contributed by atoms with Crippen LogP contribution in [-0.2, 0) is 10.5 Å². The third kappa shape index (κ3) is 7.18. The van der Waals surface area contributed by atoms with Crippen molar-refractivity contribution in [3.8, 4) is 5.75 Å². The van der Waals surface area contributed by atoms with Crippen LogP contribution < -0.4 is 10.1 Å². The lowest BCUT2D eigenvalue weighted by atomic mass is 10.2. The molecule has 2 rings (SSSR count). The van der Waals surface area contributed by atoms with E-state index in [9.17, 15) is 4.79 Å². The predicted molar refractivity (Wildman–Crippen MR) is 107 cm³/mol. The zero-order valence-electron chi connectivity index (χ0n) is 14.0. The zero-order chi connectivity index (χ0) is 18.1. The van der Waals surface area contributed by atoms with E-state index in [1.165, 1.54) is 5.56 Å². The first kappa shape index (κ1) is 20.0. The van der Waals surface area contributed by atoms with Gasteiger partial charge in [0.2, 0.25) is 0 Å². The van der Waals surface area contributed by atoms with E-state index in [1.807, 2.05) is 31.2 Å². The first-order valence-corrected chi connectivity index (χ1v) is 10.0. The Labute approximate surface area is 163 Å². The van der Waals surface area contributed by atoms with Crippen LogP contribution in [0.1, 0.15) is 18.9 Å². The SMILES string of the molecule is CC[C@@H](Oc1ccc(Cl)cc1)C(=O)NCCSCc1cccc(Cl)c1. The first-order chi connectivity index (χ1) is 12.1. The van der Waals surface area contributed by atoms with Gasteiger partial charge in [-0.1, -0.05) is 42.3 Å². The molecule has 0 bridgehead atoms. The molecule has 6 heteroatoms. The highest BCUT2D eigenvalue weighted by Gasteiger charge is 2.17. The van der Waals surface area contributed by atoms with Gasteiger partial charge in [0.25, 0.3) is 5.91 Å². The van der Waals surface area contributed by atoms with Crippen molar-refractivity contribution in [2.75, 3.05) is 12.3 Å². The molecule has 0 aliphatic carbocycles. The molecule has 0 radical (unpaired) electrons. The average molecular weight is 398 g/mol. The molecule has 134 valence electrons. The number of amides is 1. The third-order valence-corrected chi connectivity index (χ3v) is 4.98. The van der Waals surface area contributed by atoms with Crippen molar-refractivity contribution in [2.45, 2.75) is 25.2 Å². The van der Waals surface area contributed by atoms with E-state index in [0.29, 0.717) is 23.7 Å². The Balaban J connectivity index is 1.69. The van der Waals surface area contributed by atoms with Crippen molar-refractivity contribution >= 4 is 40.9 Å². The van der Waals surface area contributed by atoms with E-state index >= 15 is 0 Å². The summed E-state index contributed by atoms with van der Waals surface area (Å²) in [6.45, 7) is 2.53. The fourth-order valence-electron chi connectivity index (χ4n) is 2.18. The summed E-state index contributed by atoms with van der Waals surface area (Å²) in [7, 11) is 0. The number of halogens is 2. The van der Waals surface area contributed by atoms with Gasteiger partial charge in [-0.05, 0) is 48.4 Å². The normalized spacial score (nSPS) is 11.8. The van der Waals surface area contributed by atoms with Crippen molar-refractivity contribution in [1.29, 1.82) is 0 Å². The Hall–Kier alpha value is -1.36. The van der Waals surface area contributed by atoms with Crippen LogP contribution in [0.3, 0.4) is 0 Å². The Morgan fingerprint density at radius 3 is 2.60 bits per heavy atom. The average Bonchev–Trinajstić information content (AvgIpc) is 2.61. The molecular weight excluding hydrogens is 377 g/mol. The summed E-state index contributed by atoms with van der Waals surface area (Å²) in [4.78, 5) is 12.2. The molecule has 0 unspecified atom stereocenters. The molecule has 0 fully saturated rings. The molecule has 0 saturated carbocycles. The van der Waals surface area contributed by atoms with Gasteiger partial charge in [0.15, 0.2) is 6.10 Å². The molecule has 3 nitrogen and oxygen atoms in total. The molecule has 0 spiro atoms. The summed E-state index contributed by atoms with van der Waals surface area (Å²) >= 11 is 13.6.